The van der Waals surface area contributed by atoms with Crippen LogP contribution in [0.15, 0.2) is 5.16 Å². The highest BCUT2D eigenvalue weighted by Gasteiger charge is 2.23. The molecule has 0 saturated carbocycles. The zero-order valence-electron chi connectivity index (χ0n) is 12.1. The molecule has 0 unspecified atom stereocenters. The Labute approximate surface area is 128 Å². The van der Waals surface area contributed by atoms with Gasteiger partial charge in [-0.25, -0.2) is 4.68 Å². The van der Waals surface area contributed by atoms with Crippen LogP contribution in [-0.2, 0) is 16.6 Å². The summed E-state index contributed by atoms with van der Waals surface area (Å²) in [4.78, 5) is 14.0. The van der Waals surface area contributed by atoms with E-state index in [1.54, 1.807) is 11.7 Å². The number of nitrogens with zero attached hydrogens (tertiary/aromatic N) is 5. The van der Waals surface area contributed by atoms with Crippen LogP contribution in [0.1, 0.15) is 12.8 Å². The Kier molecular flexibility index (Phi) is 6.02. The lowest BCUT2D eigenvalue weighted by Gasteiger charge is -2.31. The van der Waals surface area contributed by atoms with Crippen molar-refractivity contribution in [2.75, 3.05) is 32.1 Å². The van der Waals surface area contributed by atoms with Crippen molar-refractivity contribution < 1.29 is 9.53 Å². The number of thioether (sulfide) groups is 1. The Hall–Kier alpha value is -1.59. The average molecular weight is 309 g/mol. The van der Waals surface area contributed by atoms with Crippen LogP contribution in [0.3, 0.4) is 0 Å². The van der Waals surface area contributed by atoms with E-state index in [0.717, 1.165) is 25.9 Å². The number of carbonyl (C=O) groups excluding carboxylic acids is 1. The lowest BCUT2D eigenvalue weighted by atomic mass is 9.98. The monoisotopic (exact) mass is 309 g/mol. The van der Waals surface area contributed by atoms with Crippen LogP contribution < -0.4 is 0 Å². The van der Waals surface area contributed by atoms with Crippen molar-refractivity contribution >= 4 is 17.7 Å². The first-order valence-corrected chi connectivity index (χ1v) is 7.83. The van der Waals surface area contributed by atoms with E-state index in [1.807, 2.05) is 4.90 Å². The van der Waals surface area contributed by atoms with Gasteiger partial charge in [-0.3, -0.25) is 4.79 Å². The van der Waals surface area contributed by atoms with Gasteiger partial charge in [0.1, 0.15) is 6.61 Å². The van der Waals surface area contributed by atoms with Crippen molar-refractivity contribution in [1.82, 2.24) is 25.1 Å². The molecule has 0 spiro atoms. The van der Waals surface area contributed by atoms with Crippen LogP contribution in [0.4, 0.5) is 0 Å². The number of ether oxygens (including phenoxy) is 1. The van der Waals surface area contributed by atoms with Crippen molar-refractivity contribution in [3.8, 4) is 12.3 Å². The Balaban J connectivity index is 1.68. The first-order valence-electron chi connectivity index (χ1n) is 6.85. The van der Waals surface area contributed by atoms with Crippen molar-refractivity contribution in [2.24, 2.45) is 13.0 Å². The number of aryl methyl sites for hydroxylation is 1. The van der Waals surface area contributed by atoms with Gasteiger partial charge in [-0.1, -0.05) is 17.7 Å². The van der Waals surface area contributed by atoms with E-state index in [-0.39, 0.29) is 5.91 Å². The minimum atomic E-state index is 0.131. The summed E-state index contributed by atoms with van der Waals surface area (Å²) in [7, 11) is 1.76. The molecule has 8 heteroatoms. The zero-order chi connectivity index (χ0) is 15.1. The van der Waals surface area contributed by atoms with Crippen molar-refractivity contribution in [1.29, 1.82) is 0 Å². The minimum absolute atomic E-state index is 0.131. The van der Waals surface area contributed by atoms with Crippen molar-refractivity contribution in [3.63, 3.8) is 0 Å². The molecule has 1 saturated heterocycles. The lowest BCUT2D eigenvalue weighted by molar-refractivity contribution is -0.130. The summed E-state index contributed by atoms with van der Waals surface area (Å²) in [6.45, 7) is 2.61. The summed E-state index contributed by atoms with van der Waals surface area (Å²) in [6, 6.07) is 0. The molecule has 0 radical (unpaired) electrons. The maximum absolute atomic E-state index is 12.1. The molecule has 1 aromatic rings. The summed E-state index contributed by atoms with van der Waals surface area (Å²) in [5, 5.41) is 11.8. The van der Waals surface area contributed by atoms with Crippen molar-refractivity contribution in [2.45, 2.75) is 18.0 Å². The fraction of sp³-hybridized carbons (Fsp3) is 0.692. The summed E-state index contributed by atoms with van der Waals surface area (Å²) >= 11 is 1.36. The zero-order valence-corrected chi connectivity index (χ0v) is 12.9. The molecular formula is C13H19N5O2S. The summed E-state index contributed by atoms with van der Waals surface area (Å²) in [5.41, 5.74) is 0. The van der Waals surface area contributed by atoms with Gasteiger partial charge in [0, 0.05) is 20.1 Å². The standard InChI is InChI=1S/C13H19N5O2S/c1-3-8-20-9-11-4-6-18(7-5-11)12(19)10-21-13-14-15-16-17(13)2/h1,11H,4-10H2,2H3. The van der Waals surface area contributed by atoms with Crippen LogP contribution in [0.25, 0.3) is 0 Å². The molecule has 2 rings (SSSR count). The number of likely N-dealkylation sites (tertiary alicyclic amines) is 1. The maximum Gasteiger partial charge on any atom is 0.233 e. The highest BCUT2D eigenvalue weighted by molar-refractivity contribution is 7.99. The van der Waals surface area contributed by atoms with Crippen LogP contribution in [-0.4, -0.2) is 63.1 Å². The predicted molar refractivity (Wildman–Crippen MR) is 78.5 cm³/mol. The largest absolute Gasteiger partial charge is 0.369 e. The molecule has 114 valence electrons. The Bertz CT molecular complexity index is 505. The second-order valence-electron chi connectivity index (χ2n) is 4.92. The van der Waals surface area contributed by atoms with E-state index in [2.05, 4.69) is 21.4 Å². The SMILES string of the molecule is C#CCOCC1CCN(C(=O)CSc2nnnn2C)CC1. The first kappa shape index (κ1) is 15.8. The molecular weight excluding hydrogens is 290 g/mol. The van der Waals surface area contributed by atoms with Gasteiger partial charge in [0.15, 0.2) is 0 Å². The third kappa shape index (κ3) is 4.72. The molecule has 1 aromatic heterocycles. The van der Waals surface area contributed by atoms with Crippen molar-refractivity contribution in [3.05, 3.63) is 0 Å². The molecule has 1 fully saturated rings. The lowest BCUT2D eigenvalue weighted by Crippen LogP contribution is -2.40. The number of hydrogen-bond acceptors (Lipinski definition) is 6. The topological polar surface area (TPSA) is 73.1 Å². The van der Waals surface area contributed by atoms with Crippen LogP contribution in [0, 0.1) is 18.3 Å². The summed E-state index contributed by atoms with van der Waals surface area (Å²) in [5.74, 6) is 3.46. The Morgan fingerprint density at radius 1 is 1.52 bits per heavy atom. The summed E-state index contributed by atoms with van der Waals surface area (Å²) in [6.07, 6.45) is 7.07. The number of terminal acetylenes is 1. The van der Waals surface area contributed by atoms with Gasteiger partial charge in [-0.2, -0.15) is 0 Å². The first-order chi connectivity index (χ1) is 10.2. The fourth-order valence-electron chi connectivity index (χ4n) is 2.19. The van der Waals surface area contributed by atoms with E-state index in [4.69, 9.17) is 11.2 Å². The average Bonchev–Trinajstić information content (AvgIpc) is 2.91. The summed E-state index contributed by atoms with van der Waals surface area (Å²) < 4.78 is 6.92. The highest BCUT2D eigenvalue weighted by Crippen LogP contribution is 2.19. The van der Waals surface area contributed by atoms with Gasteiger partial charge in [-0.15, -0.1) is 11.5 Å². The molecule has 0 aromatic carbocycles. The van der Waals surface area contributed by atoms with Crippen LogP contribution in [0.5, 0.6) is 0 Å². The number of piperidine rings is 1. The second-order valence-corrected chi connectivity index (χ2v) is 5.86. The third-order valence-electron chi connectivity index (χ3n) is 3.41. The normalized spacial score (nSPS) is 15.9. The fourth-order valence-corrected chi connectivity index (χ4v) is 2.95. The van der Waals surface area contributed by atoms with E-state index >= 15 is 0 Å². The number of amides is 1. The molecule has 7 nitrogen and oxygen atoms in total. The molecule has 1 aliphatic rings. The van der Waals surface area contributed by atoms with Gasteiger partial charge < -0.3 is 9.64 Å². The predicted octanol–water partition coefficient (Wildman–Crippen LogP) is 0.191. The number of tetrazole rings is 1. The van der Waals surface area contributed by atoms with E-state index < -0.39 is 0 Å². The molecule has 21 heavy (non-hydrogen) atoms. The Morgan fingerprint density at radius 3 is 2.90 bits per heavy atom. The number of aromatic nitrogens is 4. The molecule has 0 atom stereocenters. The minimum Gasteiger partial charge on any atom is -0.369 e. The third-order valence-corrected chi connectivity index (χ3v) is 4.41. The van der Waals surface area contributed by atoms with Gasteiger partial charge in [-0.05, 0) is 29.2 Å². The molecule has 2 heterocycles. The quantitative estimate of drug-likeness (QED) is 0.424. The van der Waals surface area contributed by atoms with Gasteiger partial charge in [0.25, 0.3) is 0 Å². The van der Waals surface area contributed by atoms with Gasteiger partial charge in [0.05, 0.1) is 12.4 Å². The molecule has 0 aliphatic carbocycles. The van der Waals surface area contributed by atoms with Gasteiger partial charge in [0.2, 0.25) is 11.1 Å². The molecule has 0 bridgehead atoms. The second kappa shape index (κ2) is 8.00. The Morgan fingerprint density at radius 2 is 2.29 bits per heavy atom. The van der Waals surface area contributed by atoms with E-state index in [1.165, 1.54) is 11.8 Å². The molecule has 1 aliphatic heterocycles. The smallest absolute Gasteiger partial charge is 0.233 e. The number of rotatable bonds is 6. The molecule has 0 N–H and O–H groups in total. The highest BCUT2D eigenvalue weighted by atomic mass is 32.2. The maximum atomic E-state index is 12.1. The van der Waals surface area contributed by atoms with E-state index in [9.17, 15) is 4.79 Å². The van der Waals surface area contributed by atoms with Gasteiger partial charge >= 0.3 is 0 Å². The van der Waals surface area contributed by atoms with E-state index in [0.29, 0.717) is 30.0 Å². The van der Waals surface area contributed by atoms with Crippen LogP contribution in [0.2, 0.25) is 0 Å². The number of hydrogen-bond donors (Lipinski definition) is 0. The van der Waals surface area contributed by atoms with Crippen LogP contribution >= 0.6 is 11.8 Å². The number of carbonyl (C=O) groups is 1. The molecule has 1 amide bonds.